The number of hydrogen-bond donors (Lipinski definition) is 0. The number of nitrogens with zero attached hydrogens (tertiary/aromatic N) is 1. The first-order valence-electron chi connectivity index (χ1n) is 5.17. The Bertz CT molecular complexity index is 190. The van der Waals surface area contributed by atoms with Gasteiger partial charge in [-0.2, -0.15) is 0 Å². The van der Waals surface area contributed by atoms with Gasteiger partial charge in [0.15, 0.2) is 0 Å². The first-order chi connectivity index (χ1) is 5.96. The number of carbonyl (C=O) groups excluding carboxylic acids is 1. The van der Waals surface area contributed by atoms with Crippen LogP contribution in [0.2, 0.25) is 0 Å². The number of rotatable bonds is 1. The fourth-order valence-corrected chi connectivity index (χ4v) is 2.15. The van der Waals surface area contributed by atoms with Gasteiger partial charge in [0.2, 0.25) is 5.91 Å². The monoisotopic (exact) mass is 183 g/mol. The maximum absolute atomic E-state index is 11.9. The summed E-state index contributed by atoms with van der Waals surface area (Å²) in [5.41, 5.74) is -0.0734. The van der Waals surface area contributed by atoms with Crippen LogP contribution in [0.3, 0.4) is 0 Å². The van der Waals surface area contributed by atoms with Gasteiger partial charge >= 0.3 is 0 Å². The second-order valence-corrected chi connectivity index (χ2v) is 4.94. The highest BCUT2D eigenvalue weighted by Gasteiger charge is 2.37. The molecule has 1 amide bonds. The van der Waals surface area contributed by atoms with Crippen molar-refractivity contribution in [1.29, 1.82) is 0 Å². The Labute approximate surface area is 81.3 Å². The van der Waals surface area contributed by atoms with E-state index in [2.05, 4.69) is 13.8 Å². The molecule has 0 aromatic carbocycles. The largest absolute Gasteiger partial charge is 0.348 e. The Morgan fingerprint density at radius 3 is 2.15 bits per heavy atom. The van der Waals surface area contributed by atoms with E-state index in [4.69, 9.17) is 0 Å². The third kappa shape index (κ3) is 2.23. The Hall–Kier alpha value is -0.530. The van der Waals surface area contributed by atoms with E-state index in [0.29, 0.717) is 5.91 Å². The molecule has 1 fully saturated rings. The Morgan fingerprint density at radius 1 is 1.31 bits per heavy atom. The van der Waals surface area contributed by atoms with Crippen molar-refractivity contribution in [3.05, 3.63) is 0 Å². The summed E-state index contributed by atoms with van der Waals surface area (Å²) in [5, 5.41) is 0. The molecule has 2 nitrogen and oxygen atoms in total. The van der Waals surface area contributed by atoms with Crippen molar-refractivity contribution < 1.29 is 4.79 Å². The summed E-state index contributed by atoms with van der Waals surface area (Å²) in [6, 6.07) is 0. The molecule has 0 atom stereocenters. The molecule has 0 radical (unpaired) electrons. The van der Waals surface area contributed by atoms with Crippen molar-refractivity contribution in [2.45, 2.75) is 39.5 Å². The average molecular weight is 183 g/mol. The molecular formula is C11H21NO. The van der Waals surface area contributed by atoms with Crippen LogP contribution in [0.15, 0.2) is 0 Å². The number of amides is 1. The van der Waals surface area contributed by atoms with Crippen LogP contribution in [0.25, 0.3) is 0 Å². The zero-order chi connectivity index (χ0) is 10.1. The molecule has 0 aliphatic heterocycles. The summed E-state index contributed by atoms with van der Waals surface area (Å²) in [4.78, 5) is 13.6. The van der Waals surface area contributed by atoms with Crippen LogP contribution in [0.4, 0.5) is 0 Å². The van der Waals surface area contributed by atoms with E-state index in [-0.39, 0.29) is 5.41 Å². The van der Waals surface area contributed by atoms with Crippen LogP contribution in [0, 0.1) is 11.3 Å². The van der Waals surface area contributed by atoms with Gasteiger partial charge in [0.25, 0.3) is 0 Å². The van der Waals surface area contributed by atoms with Crippen molar-refractivity contribution in [2.24, 2.45) is 11.3 Å². The van der Waals surface area contributed by atoms with Crippen molar-refractivity contribution in [3.63, 3.8) is 0 Å². The van der Waals surface area contributed by atoms with Gasteiger partial charge in [-0.3, -0.25) is 4.79 Å². The standard InChI is InChI=1S/C11H21NO/c1-9-5-7-11(2,8-6-9)10(13)12(3)4/h9H,5-8H2,1-4H3/t9-,11+. The van der Waals surface area contributed by atoms with Gasteiger partial charge in [-0.05, 0) is 31.6 Å². The molecule has 0 aromatic heterocycles. The van der Waals surface area contributed by atoms with Gasteiger partial charge in [-0.15, -0.1) is 0 Å². The molecule has 1 aliphatic carbocycles. The van der Waals surface area contributed by atoms with Crippen LogP contribution in [-0.2, 0) is 4.79 Å². The minimum atomic E-state index is -0.0734. The molecule has 0 N–H and O–H groups in total. The van der Waals surface area contributed by atoms with Gasteiger partial charge in [0.1, 0.15) is 0 Å². The van der Waals surface area contributed by atoms with Crippen molar-refractivity contribution >= 4 is 5.91 Å². The van der Waals surface area contributed by atoms with Crippen molar-refractivity contribution in [2.75, 3.05) is 14.1 Å². The predicted molar refractivity (Wildman–Crippen MR) is 54.4 cm³/mol. The van der Waals surface area contributed by atoms with Gasteiger partial charge in [0, 0.05) is 19.5 Å². The second-order valence-electron chi connectivity index (χ2n) is 4.94. The lowest BCUT2D eigenvalue weighted by Crippen LogP contribution is -2.40. The van der Waals surface area contributed by atoms with Crippen LogP contribution in [0.1, 0.15) is 39.5 Å². The summed E-state index contributed by atoms with van der Waals surface area (Å²) < 4.78 is 0. The average Bonchev–Trinajstić information content (AvgIpc) is 2.09. The van der Waals surface area contributed by atoms with E-state index >= 15 is 0 Å². The van der Waals surface area contributed by atoms with E-state index in [1.165, 1.54) is 12.8 Å². The van der Waals surface area contributed by atoms with Crippen LogP contribution < -0.4 is 0 Å². The summed E-state index contributed by atoms with van der Waals surface area (Å²) in [6.45, 7) is 4.39. The van der Waals surface area contributed by atoms with E-state index < -0.39 is 0 Å². The molecule has 1 aliphatic rings. The van der Waals surface area contributed by atoms with E-state index in [9.17, 15) is 4.79 Å². The van der Waals surface area contributed by atoms with Crippen LogP contribution in [-0.4, -0.2) is 24.9 Å². The summed E-state index contributed by atoms with van der Waals surface area (Å²) >= 11 is 0. The summed E-state index contributed by atoms with van der Waals surface area (Å²) in [7, 11) is 3.71. The van der Waals surface area contributed by atoms with Gasteiger partial charge in [-0.25, -0.2) is 0 Å². The fourth-order valence-electron chi connectivity index (χ4n) is 2.15. The smallest absolute Gasteiger partial charge is 0.227 e. The molecule has 76 valence electrons. The van der Waals surface area contributed by atoms with E-state index in [1.54, 1.807) is 4.90 Å². The van der Waals surface area contributed by atoms with Crippen LogP contribution in [0.5, 0.6) is 0 Å². The maximum atomic E-state index is 11.9. The molecule has 0 aromatic rings. The van der Waals surface area contributed by atoms with E-state index in [0.717, 1.165) is 18.8 Å². The first-order valence-corrected chi connectivity index (χ1v) is 5.17. The number of carbonyl (C=O) groups is 1. The van der Waals surface area contributed by atoms with E-state index in [1.807, 2.05) is 14.1 Å². The lowest BCUT2D eigenvalue weighted by molar-refractivity contribution is -0.140. The SMILES string of the molecule is CN(C)C(=O)[C@]1(C)CC[C@H](C)CC1. The molecule has 0 unspecified atom stereocenters. The Balaban J connectivity index is 2.61. The van der Waals surface area contributed by atoms with Gasteiger partial charge < -0.3 is 4.90 Å². The fraction of sp³-hybridized carbons (Fsp3) is 0.909. The number of hydrogen-bond acceptors (Lipinski definition) is 1. The van der Waals surface area contributed by atoms with Gasteiger partial charge in [-0.1, -0.05) is 13.8 Å². The molecule has 13 heavy (non-hydrogen) atoms. The Morgan fingerprint density at radius 2 is 1.77 bits per heavy atom. The molecule has 0 bridgehead atoms. The lowest BCUT2D eigenvalue weighted by atomic mass is 9.71. The third-order valence-corrected chi connectivity index (χ3v) is 3.30. The quantitative estimate of drug-likeness (QED) is 0.611. The molecular weight excluding hydrogens is 162 g/mol. The highest BCUT2D eigenvalue weighted by molar-refractivity contribution is 5.81. The highest BCUT2D eigenvalue weighted by atomic mass is 16.2. The maximum Gasteiger partial charge on any atom is 0.227 e. The zero-order valence-electron chi connectivity index (χ0n) is 9.26. The Kier molecular flexibility index (Phi) is 2.99. The molecule has 0 spiro atoms. The second kappa shape index (κ2) is 3.69. The first kappa shape index (κ1) is 10.6. The van der Waals surface area contributed by atoms with Gasteiger partial charge in [0.05, 0.1) is 0 Å². The predicted octanol–water partition coefficient (Wildman–Crippen LogP) is 2.29. The van der Waals surface area contributed by atoms with Crippen molar-refractivity contribution in [3.8, 4) is 0 Å². The molecule has 0 heterocycles. The third-order valence-electron chi connectivity index (χ3n) is 3.30. The molecule has 1 saturated carbocycles. The molecule has 1 rings (SSSR count). The molecule has 2 heteroatoms. The minimum absolute atomic E-state index is 0.0734. The highest BCUT2D eigenvalue weighted by Crippen LogP contribution is 2.39. The lowest BCUT2D eigenvalue weighted by Gasteiger charge is -2.36. The zero-order valence-corrected chi connectivity index (χ0v) is 9.26. The van der Waals surface area contributed by atoms with Crippen LogP contribution >= 0.6 is 0 Å². The summed E-state index contributed by atoms with van der Waals surface area (Å²) in [5.74, 6) is 1.11. The normalized spacial score (nSPS) is 34.3. The topological polar surface area (TPSA) is 20.3 Å². The van der Waals surface area contributed by atoms with Crippen molar-refractivity contribution in [1.82, 2.24) is 4.90 Å². The minimum Gasteiger partial charge on any atom is -0.348 e. The summed E-state index contributed by atoms with van der Waals surface area (Å²) in [6.07, 6.45) is 4.53. The molecule has 0 saturated heterocycles.